The molecule has 0 spiro atoms. The maximum absolute atomic E-state index is 14.0. The van der Waals surface area contributed by atoms with Crippen LogP contribution in [0, 0.1) is 0 Å². The second-order valence-electron chi connectivity index (χ2n) is 9.82. The number of allylic oxidation sites excluding steroid dienone is 1. The topological polar surface area (TPSA) is 67.9 Å². The molecule has 2 aromatic carbocycles. The van der Waals surface area contributed by atoms with Gasteiger partial charge < -0.3 is 14.8 Å². The highest BCUT2D eigenvalue weighted by Crippen LogP contribution is 2.49. The van der Waals surface area contributed by atoms with Crippen LogP contribution in [0.25, 0.3) is 0 Å². The van der Waals surface area contributed by atoms with E-state index in [0.29, 0.717) is 36.3 Å². The number of Topliss-reactive ketones (excluding diaryl/α,β-unsaturated/α-hetero) is 1. The highest BCUT2D eigenvalue weighted by molar-refractivity contribution is 7.10. The Morgan fingerprint density at radius 1 is 1.03 bits per heavy atom. The number of anilines is 2. The maximum Gasteiger partial charge on any atom is 0.227 e. The molecule has 7 heteroatoms. The van der Waals surface area contributed by atoms with Crippen LogP contribution in [0.1, 0.15) is 67.8 Å². The molecule has 1 aliphatic heterocycles. The minimum atomic E-state index is -0.450. The quantitative estimate of drug-likeness (QED) is 0.311. The third-order valence-electron chi connectivity index (χ3n) is 7.44. The van der Waals surface area contributed by atoms with Crippen molar-refractivity contribution in [1.82, 2.24) is 0 Å². The Bertz CT molecular complexity index is 1350. The van der Waals surface area contributed by atoms with E-state index in [-0.39, 0.29) is 17.6 Å². The Labute approximate surface area is 228 Å². The third-order valence-corrected chi connectivity index (χ3v) is 8.37. The molecular formula is C31H34N2O4S. The monoisotopic (exact) mass is 530 g/mol. The molecule has 198 valence electrons. The summed E-state index contributed by atoms with van der Waals surface area (Å²) in [5.41, 5.74) is 4.28. The van der Waals surface area contributed by atoms with Crippen molar-refractivity contribution in [3.8, 4) is 11.5 Å². The summed E-state index contributed by atoms with van der Waals surface area (Å²) in [5.74, 6) is 1.41. The zero-order valence-corrected chi connectivity index (χ0v) is 23.0. The van der Waals surface area contributed by atoms with Crippen LogP contribution < -0.4 is 19.7 Å². The van der Waals surface area contributed by atoms with Gasteiger partial charge in [0.05, 0.1) is 25.6 Å². The van der Waals surface area contributed by atoms with Crippen LogP contribution in [-0.2, 0) is 9.59 Å². The summed E-state index contributed by atoms with van der Waals surface area (Å²) in [6, 6.07) is 17.3. The Morgan fingerprint density at radius 3 is 2.58 bits per heavy atom. The summed E-state index contributed by atoms with van der Waals surface area (Å²) in [7, 11) is 3.24. The van der Waals surface area contributed by atoms with Crippen molar-refractivity contribution in [2.24, 2.45) is 0 Å². The van der Waals surface area contributed by atoms with Gasteiger partial charge in [-0.2, -0.15) is 0 Å². The van der Waals surface area contributed by atoms with E-state index >= 15 is 0 Å². The molecule has 1 aliphatic carbocycles. The maximum atomic E-state index is 14.0. The number of carbonyl (C=O) groups is 2. The smallest absolute Gasteiger partial charge is 0.227 e. The standard InChI is InChI=1S/C31H34N2O4S/c1-4-5-6-13-29(35)33-24-11-8-7-10-22(24)32-23-17-21(20-14-15-26(36-2)27(19-20)37-3)18-25(34)30(23)31(33)28-12-9-16-38-28/h7-12,14-16,19,21,31-32H,4-6,13,17-18H2,1-3H3/t21-,31-/m1/s1. The molecule has 0 bridgehead atoms. The number of amides is 1. The van der Waals surface area contributed by atoms with Crippen molar-refractivity contribution in [2.75, 3.05) is 24.4 Å². The zero-order valence-electron chi connectivity index (χ0n) is 22.2. The van der Waals surface area contributed by atoms with E-state index in [1.807, 2.05) is 64.9 Å². The normalized spacial score (nSPS) is 18.8. The van der Waals surface area contributed by atoms with Crippen LogP contribution in [-0.4, -0.2) is 25.9 Å². The number of ether oxygens (including phenoxy) is 2. The van der Waals surface area contributed by atoms with E-state index in [0.717, 1.165) is 46.8 Å². The van der Waals surface area contributed by atoms with E-state index in [9.17, 15) is 9.59 Å². The minimum Gasteiger partial charge on any atom is -0.493 e. The number of thiophene rings is 1. The number of carbonyl (C=O) groups excluding carboxylic acids is 2. The lowest BCUT2D eigenvalue weighted by molar-refractivity contribution is -0.119. The van der Waals surface area contributed by atoms with Gasteiger partial charge in [0, 0.05) is 29.0 Å². The molecule has 0 radical (unpaired) electrons. The summed E-state index contributed by atoms with van der Waals surface area (Å²) in [6.07, 6.45) is 4.36. The molecule has 1 amide bonds. The summed E-state index contributed by atoms with van der Waals surface area (Å²) < 4.78 is 10.9. The fourth-order valence-electron chi connectivity index (χ4n) is 5.57. The van der Waals surface area contributed by atoms with E-state index in [4.69, 9.17) is 9.47 Å². The highest BCUT2D eigenvalue weighted by atomic mass is 32.1. The number of nitrogens with zero attached hydrogens (tertiary/aromatic N) is 1. The van der Waals surface area contributed by atoms with Crippen LogP contribution in [0.2, 0.25) is 0 Å². The summed E-state index contributed by atoms with van der Waals surface area (Å²) in [5, 5.41) is 5.61. The highest BCUT2D eigenvalue weighted by Gasteiger charge is 2.41. The van der Waals surface area contributed by atoms with E-state index in [1.54, 1.807) is 25.6 Å². The van der Waals surface area contributed by atoms with Gasteiger partial charge in [0.2, 0.25) is 5.91 Å². The first kappa shape index (κ1) is 26.0. The first-order valence-corrected chi connectivity index (χ1v) is 14.1. The molecule has 3 aromatic rings. The van der Waals surface area contributed by atoms with Gasteiger partial charge in [-0.3, -0.25) is 14.5 Å². The van der Waals surface area contributed by atoms with Crippen LogP contribution in [0.3, 0.4) is 0 Å². The molecule has 0 unspecified atom stereocenters. The number of para-hydroxylation sites is 2. The number of nitrogens with one attached hydrogen (secondary N) is 1. The second kappa shape index (κ2) is 11.4. The number of benzene rings is 2. The van der Waals surface area contributed by atoms with Crippen LogP contribution in [0.15, 0.2) is 71.2 Å². The number of unbranched alkanes of at least 4 members (excludes halogenated alkanes) is 2. The largest absolute Gasteiger partial charge is 0.493 e. The number of methoxy groups -OCH3 is 2. The Kier molecular flexibility index (Phi) is 7.84. The number of hydrogen-bond donors (Lipinski definition) is 1. The number of fused-ring (bicyclic) bond motifs is 1. The van der Waals surface area contributed by atoms with Crippen molar-refractivity contribution >= 4 is 34.4 Å². The van der Waals surface area contributed by atoms with Crippen molar-refractivity contribution in [2.45, 2.75) is 57.4 Å². The predicted octanol–water partition coefficient (Wildman–Crippen LogP) is 7.25. The molecule has 6 nitrogen and oxygen atoms in total. The van der Waals surface area contributed by atoms with Gasteiger partial charge in [0.25, 0.3) is 0 Å². The van der Waals surface area contributed by atoms with Crippen molar-refractivity contribution in [3.63, 3.8) is 0 Å². The number of hydrogen-bond acceptors (Lipinski definition) is 6. The summed E-state index contributed by atoms with van der Waals surface area (Å²) >= 11 is 1.59. The van der Waals surface area contributed by atoms with E-state index in [2.05, 4.69) is 12.2 Å². The molecular weight excluding hydrogens is 496 g/mol. The van der Waals surface area contributed by atoms with Crippen LogP contribution in [0.4, 0.5) is 11.4 Å². The average Bonchev–Trinajstić information content (AvgIpc) is 3.42. The summed E-state index contributed by atoms with van der Waals surface area (Å²) in [6.45, 7) is 2.14. The molecule has 0 saturated carbocycles. The minimum absolute atomic E-state index is 0.0171. The molecule has 38 heavy (non-hydrogen) atoms. The Balaban J connectivity index is 1.60. The molecule has 2 atom stereocenters. The van der Waals surface area contributed by atoms with Gasteiger partial charge >= 0.3 is 0 Å². The van der Waals surface area contributed by atoms with Crippen molar-refractivity contribution in [3.05, 3.63) is 81.7 Å². The third kappa shape index (κ3) is 4.95. The Morgan fingerprint density at radius 2 is 1.84 bits per heavy atom. The Hall–Kier alpha value is -3.58. The molecule has 5 rings (SSSR count). The molecule has 2 aliphatic rings. The fraction of sp³-hybridized carbons (Fsp3) is 0.355. The van der Waals surface area contributed by atoms with E-state index < -0.39 is 6.04 Å². The molecule has 1 aromatic heterocycles. The fourth-order valence-corrected chi connectivity index (χ4v) is 6.39. The average molecular weight is 531 g/mol. The van der Waals surface area contributed by atoms with Gasteiger partial charge in [-0.05, 0) is 60.0 Å². The SMILES string of the molecule is CCCCCC(=O)N1c2ccccc2NC2=C(C(=O)C[C@H](c3ccc(OC)c(OC)c3)C2)[C@H]1c1cccs1. The lowest BCUT2D eigenvalue weighted by Crippen LogP contribution is -2.38. The summed E-state index contributed by atoms with van der Waals surface area (Å²) in [4.78, 5) is 30.7. The second-order valence-corrected chi connectivity index (χ2v) is 10.8. The van der Waals surface area contributed by atoms with Gasteiger partial charge in [-0.15, -0.1) is 11.3 Å². The lowest BCUT2D eigenvalue weighted by atomic mass is 9.79. The molecule has 2 heterocycles. The lowest BCUT2D eigenvalue weighted by Gasteiger charge is -2.34. The van der Waals surface area contributed by atoms with Crippen molar-refractivity contribution in [1.29, 1.82) is 0 Å². The van der Waals surface area contributed by atoms with Gasteiger partial charge in [0.15, 0.2) is 17.3 Å². The van der Waals surface area contributed by atoms with Crippen LogP contribution >= 0.6 is 11.3 Å². The van der Waals surface area contributed by atoms with Gasteiger partial charge in [-0.25, -0.2) is 0 Å². The predicted molar refractivity (Wildman–Crippen MR) is 152 cm³/mol. The first-order valence-electron chi connectivity index (χ1n) is 13.2. The van der Waals surface area contributed by atoms with Gasteiger partial charge in [0.1, 0.15) is 6.04 Å². The number of ketones is 1. The van der Waals surface area contributed by atoms with Crippen LogP contribution in [0.5, 0.6) is 11.5 Å². The number of rotatable bonds is 8. The van der Waals surface area contributed by atoms with Gasteiger partial charge in [-0.1, -0.05) is 44.0 Å². The molecule has 0 fully saturated rings. The first-order chi connectivity index (χ1) is 18.5. The molecule has 0 saturated heterocycles. The zero-order chi connectivity index (χ0) is 26.6. The molecule has 1 N–H and O–H groups in total. The van der Waals surface area contributed by atoms with Crippen molar-refractivity contribution < 1.29 is 19.1 Å². The van der Waals surface area contributed by atoms with E-state index in [1.165, 1.54) is 0 Å².